The maximum absolute atomic E-state index is 13.3. The molecule has 202 valence electrons. The molecular weight excluding hydrogens is 482 g/mol. The van der Waals surface area contributed by atoms with E-state index in [4.69, 9.17) is 10.6 Å². The monoisotopic (exact) mass is 519 g/mol. The first-order chi connectivity index (χ1) is 18.3. The number of aromatic nitrogens is 1. The van der Waals surface area contributed by atoms with E-state index in [1.807, 2.05) is 80.6 Å². The molecule has 0 aliphatic rings. The van der Waals surface area contributed by atoms with Crippen LogP contribution in [-0.2, 0) is 16.1 Å². The van der Waals surface area contributed by atoms with Crippen LogP contribution < -0.4 is 16.5 Å². The molecule has 0 aliphatic heterocycles. The molecule has 3 rings (SSSR count). The van der Waals surface area contributed by atoms with E-state index in [2.05, 4.69) is 15.6 Å². The van der Waals surface area contributed by atoms with E-state index in [0.717, 1.165) is 5.56 Å². The van der Waals surface area contributed by atoms with Crippen LogP contribution in [0, 0.1) is 5.92 Å². The summed E-state index contributed by atoms with van der Waals surface area (Å²) >= 11 is 0. The van der Waals surface area contributed by atoms with Crippen molar-refractivity contribution >= 4 is 12.0 Å². The van der Waals surface area contributed by atoms with E-state index in [9.17, 15) is 14.7 Å². The predicted octanol–water partition coefficient (Wildman–Crippen LogP) is 3.84. The largest absolute Gasteiger partial charge is 0.443 e. The van der Waals surface area contributed by atoms with Gasteiger partial charge in [0.15, 0.2) is 0 Å². The second kappa shape index (κ2) is 14.8. The Morgan fingerprint density at radius 2 is 1.58 bits per heavy atom. The first-order valence-corrected chi connectivity index (χ1v) is 12.8. The van der Waals surface area contributed by atoms with Crippen LogP contribution in [0.2, 0.25) is 0 Å². The van der Waals surface area contributed by atoms with Crippen molar-refractivity contribution in [1.29, 1.82) is 0 Å². The Bertz CT molecular complexity index is 1120. The highest BCUT2D eigenvalue weighted by atomic mass is 16.5. The van der Waals surface area contributed by atoms with Gasteiger partial charge in [-0.25, -0.2) is 9.80 Å². The Labute approximate surface area is 224 Å². The van der Waals surface area contributed by atoms with Gasteiger partial charge in [0.1, 0.15) is 18.9 Å². The van der Waals surface area contributed by atoms with Gasteiger partial charge in [-0.2, -0.15) is 0 Å². The highest BCUT2D eigenvalue weighted by Gasteiger charge is 2.27. The molecule has 1 heterocycles. The SMILES string of the molecule is CC(C)[C@H](NC(=O)OCc1ccccn1)C(=O)NC(CCCN(N)C(O)c1ccccc1)c1ccccc1. The number of alkyl carbamates (subject to hydrolysis) is 1. The fourth-order valence-electron chi connectivity index (χ4n) is 4.01. The molecule has 0 saturated heterocycles. The fraction of sp³-hybridized carbons (Fsp3) is 0.345. The number of ether oxygens (including phenoxy) is 1. The van der Waals surface area contributed by atoms with E-state index in [-0.39, 0.29) is 24.5 Å². The van der Waals surface area contributed by atoms with E-state index in [1.165, 1.54) is 5.01 Å². The topological polar surface area (TPSA) is 130 Å². The maximum Gasteiger partial charge on any atom is 0.408 e. The highest BCUT2D eigenvalue weighted by Crippen LogP contribution is 2.21. The Morgan fingerprint density at radius 3 is 2.18 bits per heavy atom. The molecule has 0 aliphatic carbocycles. The molecule has 2 unspecified atom stereocenters. The molecule has 0 spiro atoms. The maximum atomic E-state index is 13.3. The zero-order valence-corrected chi connectivity index (χ0v) is 21.9. The molecule has 38 heavy (non-hydrogen) atoms. The van der Waals surface area contributed by atoms with Gasteiger partial charge in [-0.1, -0.05) is 80.6 Å². The summed E-state index contributed by atoms with van der Waals surface area (Å²) < 4.78 is 5.26. The third kappa shape index (κ3) is 8.95. The standard InChI is InChI=1S/C29H37N5O4/c1-21(2)26(33-29(37)38-20-24-16-9-10-18-31-24)27(35)32-25(22-12-5-3-6-13-22)17-11-19-34(30)28(36)23-14-7-4-8-15-23/h3-10,12-16,18,21,25-26,28,36H,11,17,19-20,30H2,1-2H3,(H,32,35)(H,33,37)/t25?,26-,28?/m0/s1. The molecule has 9 nitrogen and oxygen atoms in total. The molecule has 0 radical (unpaired) electrons. The quantitative estimate of drug-likeness (QED) is 0.153. The third-order valence-electron chi connectivity index (χ3n) is 6.14. The number of nitrogens with two attached hydrogens (primary N) is 1. The van der Waals surface area contributed by atoms with Gasteiger partial charge in [-0.15, -0.1) is 0 Å². The van der Waals surface area contributed by atoms with Crippen LogP contribution >= 0.6 is 0 Å². The number of amides is 2. The van der Waals surface area contributed by atoms with E-state index in [1.54, 1.807) is 18.3 Å². The summed E-state index contributed by atoms with van der Waals surface area (Å²) in [5.41, 5.74) is 2.26. The Morgan fingerprint density at radius 1 is 0.947 bits per heavy atom. The van der Waals surface area contributed by atoms with Crippen LogP contribution in [0.4, 0.5) is 4.79 Å². The number of hydrogen-bond acceptors (Lipinski definition) is 7. The number of nitrogens with zero attached hydrogens (tertiary/aromatic N) is 2. The number of pyridine rings is 1. The number of rotatable bonds is 13. The summed E-state index contributed by atoms with van der Waals surface area (Å²) in [7, 11) is 0. The van der Waals surface area contributed by atoms with Gasteiger partial charge in [0, 0.05) is 12.7 Å². The van der Waals surface area contributed by atoms with Crippen LogP contribution in [0.15, 0.2) is 85.1 Å². The molecule has 0 saturated carbocycles. The molecule has 9 heteroatoms. The molecule has 1 aromatic heterocycles. The van der Waals surface area contributed by atoms with Gasteiger partial charge in [0.2, 0.25) is 5.91 Å². The average Bonchev–Trinajstić information content (AvgIpc) is 2.95. The molecule has 2 amide bonds. The van der Waals surface area contributed by atoms with Crippen molar-refractivity contribution in [2.45, 2.75) is 51.6 Å². The second-order valence-electron chi connectivity index (χ2n) is 9.40. The van der Waals surface area contributed by atoms with Crippen molar-refractivity contribution in [2.24, 2.45) is 11.8 Å². The van der Waals surface area contributed by atoms with Crippen LogP contribution in [0.25, 0.3) is 0 Å². The molecule has 0 fully saturated rings. The number of benzene rings is 2. The van der Waals surface area contributed by atoms with Gasteiger partial charge < -0.3 is 20.5 Å². The van der Waals surface area contributed by atoms with Crippen molar-refractivity contribution in [3.05, 3.63) is 102 Å². The van der Waals surface area contributed by atoms with Gasteiger partial charge in [0.05, 0.1) is 11.7 Å². The summed E-state index contributed by atoms with van der Waals surface area (Å²) in [6.45, 7) is 4.15. The summed E-state index contributed by atoms with van der Waals surface area (Å²) in [5, 5.41) is 17.7. The number of hydrazine groups is 1. The Kier molecular flexibility index (Phi) is 11.2. The van der Waals surface area contributed by atoms with E-state index in [0.29, 0.717) is 30.6 Å². The zero-order chi connectivity index (χ0) is 27.3. The van der Waals surface area contributed by atoms with Gasteiger partial charge in [-0.05, 0) is 42.0 Å². The predicted molar refractivity (Wildman–Crippen MR) is 145 cm³/mol. The lowest BCUT2D eigenvalue weighted by molar-refractivity contribution is -0.124. The van der Waals surface area contributed by atoms with Crippen molar-refractivity contribution in [2.75, 3.05) is 6.54 Å². The van der Waals surface area contributed by atoms with E-state index < -0.39 is 18.4 Å². The Hall–Kier alpha value is -3.79. The molecular formula is C29H37N5O4. The lowest BCUT2D eigenvalue weighted by Crippen LogP contribution is -2.50. The number of hydrogen-bond donors (Lipinski definition) is 4. The number of carbonyl (C=O) groups is 2. The fourth-order valence-corrected chi connectivity index (χ4v) is 4.01. The second-order valence-corrected chi connectivity index (χ2v) is 9.40. The normalized spacial score (nSPS) is 13.5. The smallest absolute Gasteiger partial charge is 0.408 e. The molecule has 0 bridgehead atoms. The van der Waals surface area contributed by atoms with Crippen molar-refractivity contribution in [3.63, 3.8) is 0 Å². The zero-order valence-electron chi connectivity index (χ0n) is 21.9. The van der Waals surface area contributed by atoms with Crippen molar-refractivity contribution in [1.82, 2.24) is 20.6 Å². The lowest BCUT2D eigenvalue weighted by atomic mass is 9.99. The van der Waals surface area contributed by atoms with Gasteiger partial charge in [0.25, 0.3) is 0 Å². The minimum atomic E-state index is -0.924. The lowest BCUT2D eigenvalue weighted by Gasteiger charge is -2.27. The molecule has 5 N–H and O–H groups in total. The molecule has 3 atom stereocenters. The minimum absolute atomic E-state index is 0.0101. The van der Waals surface area contributed by atoms with Crippen LogP contribution in [0.3, 0.4) is 0 Å². The Balaban J connectivity index is 1.59. The first-order valence-electron chi connectivity index (χ1n) is 12.8. The molecule has 3 aromatic rings. The first kappa shape index (κ1) is 28.8. The van der Waals surface area contributed by atoms with Crippen LogP contribution in [0.1, 0.15) is 55.8 Å². The van der Waals surface area contributed by atoms with Crippen LogP contribution in [0.5, 0.6) is 0 Å². The summed E-state index contributed by atoms with van der Waals surface area (Å²) in [4.78, 5) is 29.9. The van der Waals surface area contributed by atoms with Crippen molar-refractivity contribution in [3.8, 4) is 0 Å². The molecule has 2 aromatic carbocycles. The highest BCUT2D eigenvalue weighted by molar-refractivity contribution is 5.86. The van der Waals surface area contributed by atoms with Gasteiger partial charge in [-0.3, -0.25) is 15.6 Å². The number of aliphatic hydroxyl groups excluding tert-OH is 1. The number of carbonyl (C=O) groups excluding carboxylic acids is 2. The van der Waals surface area contributed by atoms with Gasteiger partial charge >= 0.3 is 6.09 Å². The summed E-state index contributed by atoms with van der Waals surface area (Å²) in [5.74, 6) is 5.64. The number of aliphatic hydroxyl groups is 1. The summed E-state index contributed by atoms with van der Waals surface area (Å²) in [6, 6.07) is 23.1. The van der Waals surface area contributed by atoms with E-state index >= 15 is 0 Å². The van der Waals surface area contributed by atoms with Crippen LogP contribution in [-0.4, -0.2) is 39.7 Å². The average molecular weight is 520 g/mol. The number of nitrogens with one attached hydrogen (secondary N) is 2. The minimum Gasteiger partial charge on any atom is -0.443 e. The van der Waals surface area contributed by atoms with Crippen molar-refractivity contribution < 1.29 is 19.4 Å². The third-order valence-corrected chi connectivity index (χ3v) is 6.14. The summed E-state index contributed by atoms with van der Waals surface area (Å²) in [6.07, 6.45) is 1.21.